The van der Waals surface area contributed by atoms with Crippen LogP contribution in [0.5, 0.6) is 5.75 Å². The molecular formula is C31H35FN4O5. The Balaban J connectivity index is 1.21. The van der Waals surface area contributed by atoms with Crippen molar-refractivity contribution in [2.75, 3.05) is 58.0 Å². The number of anilines is 2. The third kappa shape index (κ3) is 6.41. The second-order valence-corrected chi connectivity index (χ2v) is 11.5. The maximum Gasteiger partial charge on any atom is 0.159 e. The summed E-state index contributed by atoms with van der Waals surface area (Å²) in [6.07, 6.45) is 5.40. The largest absolute Gasteiger partial charge is 0.492 e. The Hall–Kier alpha value is -3.44. The van der Waals surface area contributed by atoms with Crippen LogP contribution < -0.4 is 10.1 Å². The van der Waals surface area contributed by atoms with Gasteiger partial charge in [-0.15, -0.1) is 0 Å². The van der Waals surface area contributed by atoms with Gasteiger partial charge in [-0.05, 0) is 42.8 Å². The number of aromatic nitrogens is 2. The van der Waals surface area contributed by atoms with E-state index in [2.05, 4.69) is 27.1 Å². The molecule has 2 aromatic carbocycles. The fourth-order valence-electron chi connectivity index (χ4n) is 5.41. The highest BCUT2D eigenvalue weighted by Crippen LogP contribution is 2.33. The van der Waals surface area contributed by atoms with Crippen LogP contribution in [0.1, 0.15) is 18.1 Å². The van der Waals surface area contributed by atoms with Gasteiger partial charge in [0.05, 0.1) is 50.8 Å². The van der Waals surface area contributed by atoms with E-state index in [1.165, 1.54) is 12.4 Å². The lowest BCUT2D eigenvalue weighted by Gasteiger charge is -2.37. The first-order chi connectivity index (χ1) is 19.8. The maximum atomic E-state index is 13.8. The number of likely N-dealkylation sites (tertiary alicyclic amines) is 1. The molecule has 3 aromatic rings. The number of carbonyl (C=O) groups is 1. The number of fused-ring (bicyclic) bond motifs is 2. The summed E-state index contributed by atoms with van der Waals surface area (Å²) in [6, 6.07) is 8.58. The predicted octanol–water partition coefficient (Wildman–Crippen LogP) is 4.00. The molecular weight excluding hydrogens is 527 g/mol. The molecule has 3 saturated heterocycles. The Labute approximate surface area is 238 Å². The third-order valence-corrected chi connectivity index (χ3v) is 7.79. The van der Waals surface area contributed by atoms with E-state index in [4.69, 9.17) is 18.9 Å². The first-order valence-electron chi connectivity index (χ1n) is 14.0. The number of hydrogen-bond donors (Lipinski definition) is 1. The van der Waals surface area contributed by atoms with Crippen LogP contribution in [0.15, 0.2) is 48.8 Å². The number of hydrogen-bond acceptors (Lipinski definition) is 9. The SMILES string of the molecule is Cc1cc(Nc2ncnc3cc(OCC4(C)COC4)c(CC(=O)/C=C/CN4C[C@@H]5OCCO[C@@H]5C4)cc23)ccc1F. The summed E-state index contributed by atoms with van der Waals surface area (Å²) in [4.78, 5) is 24.3. The van der Waals surface area contributed by atoms with Gasteiger partial charge in [-0.2, -0.15) is 0 Å². The number of ketones is 1. The molecule has 9 nitrogen and oxygen atoms in total. The van der Waals surface area contributed by atoms with E-state index in [1.807, 2.05) is 18.2 Å². The van der Waals surface area contributed by atoms with Gasteiger partial charge in [-0.25, -0.2) is 14.4 Å². The summed E-state index contributed by atoms with van der Waals surface area (Å²) >= 11 is 0. The molecule has 2 atom stereocenters. The topological polar surface area (TPSA) is 95.0 Å². The number of nitrogens with one attached hydrogen (secondary N) is 1. The minimum Gasteiger partial charge on any atom is -0.492 e. The molecule has 1 N–H and O–H groups in total. The lowest BCUT2D eigenvalue weighted by atomic mass is 9.90. The van der Waals surface area contributed by atoms with E-state index in [1.54, 1.807) is 25.1 Å². The van der Waals surface area contributed by atoms with Crippen molar-refractivity contribution in [1.29, 1.82) is 0 Å². The van der Waals surface area contributed by atoms with E-state index in [0.29, 0.717) is 67.9 Å². The molecule has 0 aliphatic carbocycles. The van der Waals surface area contributed by atoms with E-state index in [-0.39, 0.29) is 35.6 Å². The summed E-state index contributed by atoms with van der Waals surface area (Å²) in [6.45, 7) is 9.12. The smallest absolute Gasteiger partial charge is 0.159 e. The molecule has 0 bridgehead atoms. The predicted molar refractivity (Wildman–Crippen MR) is 152 cm³/mol. The summed E-state index contributed by atoms with van der Waals surface area (Å²) in [7, 11) is 0. The van der Waals surface area contributed by atoms with Crippen molar-refractivity contribution < 1.29 is 28.1 Å². The molecule has 10 heteroatoms. The van der Waals surface area contributed by atoms with Crippen molar-refractivity contribution >= 4 is 28.2 Å². The van der Waals surface area contributed by atoms with E-state index < -0.39 is 0 Å². The molecule has 0 amide bonds. The van der Waals surface area contributed by atoms with E-state index >= 15 is 0 Å². The molecule has 6 rings (SSSR count). The molecule has 0 spiro atoms. The molecule has 3 fully saturated rings. The molecule has 0 saturated carbocycles. The minimum atomic E-state index is -0.269. The zero-order valence-electron chi connectivity index (χ0n) is 23.4. The molecule has 3 aliphatic heterocycles. The number of nitrogens with zero attached hydrogens (tertiary/aromatic N) is 3. The summed E-state index contributed by atoms with van der Waals surface area (Å²) in [5.41, 5.74) is 2.61. The highest BCUT2D eigenvalue weighted by molar-refractivity contribution is 5.96. The van der Waals surface area contributed by atoms with Crippen molar-refractivity contribution in [1.82, 2.24) is 14.9 Å². The molecule has 0 radical (unpaired) electrons. The fourth-order valence-corrected chi connectivity index (χ4v) is 5.41. The van der Waals surface area contributed by atoms with Gasteiger partial charge >= 0.3 is 0 Å². The van der Waals surface area contributed by atoms with Gasteiger partial charge in [0.1, 0.15) is 23.7 Å². The fraction of sp³-hybridized carbons (Fsp3) is 0.452. The van der Waals surface area contributed by atoms with Gasteiger partial charge < -0.3 is 24.3 Å². The molecule has 41 heavy (non-hydrogen) atoms. The monoisotopic (exact) mass is 562 g/mol. The van der Waals surface area contributed by atoms with Crippen LogP contribution in [0, 0.1) is 18.2 Å². The van der Waals surface area contributed by atoms with Crippen LogP contribution in [-0.4, -0.2) is 85.5 Å². The minimum absolute atomic E-state index is 0.0305. The van der Waals surface area contributed by atoms with Crippen molar-refractivity contribution in [3.8, 4) is 5.75 Å². The number of aryl methyl sites for hydroxylation is 1. The van der Waals surface area contributed by atoms with Gasteiger partial charge in [0.15, 0.2) is 5.78 Å². The molecule has 1 aromatic heterocycles. The molecule has 0 unspecified atom stereocenters. The number of benzene rings is 2. The van der Waals surface area contributed by atoms with Crippen LogP contribution in [-0.2, 0) is 25.4 Å². The normalized spacial score (nSPS) is 22.0. The van der Waals surface area contributed by atoms with Crippen LogP contribution >= 0.6 is 0 Å². The number of ether oxygens (including phenoxy) is 4. The Morgan fingerprint density at radius 3 is 2.66 bits per heavy atom. The van der Waals surface area contributed by atoms with Crippen LogP contribution in [0.2, 0.25) is 0 Å². The van der Waals surface area contributed by atoms with Gasteiger partial charge in [0.2, 0.25) is 0 Å². The lowest BCUT2D eigenvalue weighted by molar-refractivity contribution is -0.120. The van der Waals surface area contributed by atoms with Gasteiger partial charge in [-0.1, -0.05) is 13.0 Å². The number of rotatable bonds is 10. The summed E-state index contributed by atoms with van der Waals surface area (Å²) in [5.74, 6) is 0.884. The van der Waals surface area contributed by atoms with E-state index in [0.717, 1.165) is 24.0 Å². The zero-order valence-corrected chi connectivity index (χ0v) is 23.4. The lowest BCUT2D eigenvalue weighted by Crippen LogP contribution is -2.44. The first kappa shape index (κ1) is 27.7. The number of carbonyl (C=O) groups excluding carboxylic acids is 1. The van der Waals surface area contributed by atoms with Crippen LogP contribution in [0.25, 0.3) is 10.9 Å². The first-order valence-corrected chi connectivity index (χ1v) is 14.0. The Bertz CT molecular complexity index is 1450. The number of halogens is 1. The Morgan fingerprint density at radius 1 is 1.17 bits per heavy atom. The van der Waals surface area contributed by atoms with E-state index in [9.17, 15) is 9.18 Å². The van der Waals surface area contributed by atoms with Crippen molar-refractivity contribution in [2.24, 2.45) is 5.41 Å². The standard InChI is InChI=1S/C31H35FN4O5/c1-20-10-22(5-6-25(20)32)35-30-24-12-21(27(13-26(24)33-19-34-30)41-18-31(2)16-38-17-31)11-23(37)4-3-7-36-14-28-29(15-36)40-9-8-39-28/h3-6,10,12-13,19,28-29H,7-9,11,14-18H2,1-2H3,(H,33,34,35)/b4-3+/t28-,29+. The molecule has 3 aliphatic rings. The summed E-state index contributed by atoms with van der Waals surface area (Å²) < 4.78 is 37.0. The average Bonchev–Trinajstić information content (AvgIpc) is 3.36. The maximum absolute atomic E-state index is 13.8. The van der Waals surface area contributed by atoms with Crippen molar-refractivity contribution in [2.45, 2.75) is 32.5 Å². The van der Waals surface area contributed by atoms with Gasteiger partial charge in [0, 0.05) is 54.2 Å². The Morgan fingerprint density at radius 2 is 1.95 bits per heavy atom. The van der Waals surface area contributed by atoms with Gasteiger partial charge in [-0.3, -0.25) is 9.69 Å². The average molecular weight is 563 g/mol. The Kier molecular flexibility index (Phi) is 7.99. The summed E-state index contributed by atoms with van der Waals surface area (Å²) in [5, 5.41) is 4.02. The van der Waals surface area contributed by atoms with Crippen LogP contribution in [0.4, 0.5) is 15.9 Å². The second kappa shape index (κ2) is 11.8. The van der Waals surface area contributed by atoms with Crippen molar-refractivity contribution in [3.63, 3.8) is 0 Å². The second-order valence-electron chi connectivity index (χ2n) is 11.5. The highest BCUT2D eigenvalue weighted by Gasteiger charge is 2.36. The zero-order chi connectivity index (χ0) is 28.4. The molecule has 4 heterocycles. The number of allylic oxidation sites excluding steroid dienone is 1. The van der Waals surface area contributed by atoms with Gasteiger partial charge in [0.25, 0.3) is 0 Å². The third-order valence-electron chi connectivity index (χ3n) is 7.79. The van der Waals surface area contributed by atoms with Crippen LogP contribution in [0.3, 0.4) is 0 Å². The molecule has 216 valence electrons. The van der Waals surface area contributed by atoms with Crippen molar-refractivity contribution in [3.05, 3.63) is 65.8 Å². The highest BCUT2D eigenvalue weighted by atomic mass is 19.1. The quantitative estimate of drug-likeness (QED) is 0.368.